The fraction of sp³-hybridized carbons (Fsp3) is 0.471. The Morgan fingerprint density at radius 2 is 1.88 bits per heavy atom. The zero-order chi connectivity index (χ0) is 31.0. The molecule has 2 aromatic rings. The highest BCUT2D eigenvalue weighted by Gasteiger charge is 2.20. The van der Waals surface area contributed by atoms with Crippen LogP contribution in [0.1, 0.15) is 72.0 Å². The number of nitrogens with one attached hydrogen (secondary N) is 1. The molecule has 3 rings (SSSR count). The Kier molecular flexibility index (Phi) is 13.8. The van der Waals surface area contributed by atoms with E-state index in [2.05, 4.69) is 22.1 Å². The van der Waals surface area contributed by atoms with Crippen molar-refractivity contribution in [2.24, 2.45) is 0 Å². The number of piperazine rings is 1. The normalized spacial score (nSPS) is 14.0. The molecule has 43 heavy (non-hydrogen) atoms. The van der Waals surface area contributed by atoms with Gasteiger partial charge in [0.15, 0.2) is 0 Å². The summed E-state index contributed by atoms with van der Waals surface area (Å²) in [5.41, 5.74) is 3.04. The molecular formula is C34H42FN5O3. The minimum Gasteiger partial charge on any atom is -0.367 e. The van der Waals surface area contributed by atoms with Gasteiger partial charge in [0.25, 0.3) is 0 Å². The van der Waals surface area contributed by atoms with Crippen LogP contribution in [0.2, 0.25) is 0 Å². The van der Waals surface area contributed by atoms with E-state index < -0.39 is 6.04 Å². The van der Waals surface area contributed by atoms with Crippen molar-refractivity contribution in [1.82, 2.24) is 15.1 Å². The van der Waals surface area contributed by atoms with E-state index in [4.69, 9.17) is 5.26 Å². The first-order valence-corrected chi connectivity index (χ1v) is 15.0. The SMILES string of the molecule is CNC(=O)CCC(C=O)N(C)Cc1c(C#CCCCCCCN2CCN(c3ccc(C#N)cc3F)CC2)cccc1C=O. The summed E-state index contributed by atoms with van der Waals surface area (Å²) in [6.45, 7) is 4.73. The van der Waals surface area contributed by atoms with Gasteiger partial charge in [-0.05, 0) is 62.7 Å². The van der Waals surface area contributed by atoms with Crippen molar-refractivity contribution in [3.05, 3.63) is 64.5 Å². The van der Waals surface area contributed by atoms with Gasteiger partial charge < -0.3 is 15.0 Å². The number of hydrogen-bond acceptors (Lipinski definition) is 7. The van der Waals surface area contributed by atoms with E-state index in [-0.39, 0.29) is 18.1 Å². The molecule has 1 atom stereocenters. The van der Waals surface area contributed by atoms with Crippen LogP contribution in [-0.2, 0) is 16.1 Å². The lowest BCUT2D eigenvalue weighted by atomic mass is 10.00. The van der Waals surface area contributed by atoms with E-state index in [1.54, 1.807) is 25.2 Å². The number of aldehydes is 2. The third-order valence-electron chi connectivity index (χ3n) is 7.95. The summed E-state index contributed by atoms with van der Waals surface area (Å²) in [5, 5.41) is 11.5. The van der Waals surface area contributed by atoms with E-state index in [1.807, 2.05) is 35.0 Å². The second kappa shape index (κ2) is 17.8. The monoisotopic (exact) mass is 587 g/mol. The number of carbonyl (C=O) groups is 3. The van der Waals surface area contributed by atoms with Crippen LogP contribution in [0.5, 0.6) is 0 Å². The standard InChI is InChI=1S/C34H42FN5O3/c1-37-34(43)16-14-30(26-42)38(2)24-31-28(11-9-12-29(31)25-41)10-7-5-3-4-6-8-17-39-18-20-40(21-19-39)33-15-13-27(23-36)22-32(33)35/h9,11-13,15,22,25-26,30H,3-6,8,14,16-21,24H2,1-2H3,(H,37,43). The minimum atomic E-state index is -0.438. The number of rotatable bonds is 15. The fourth-order valence-corrected chi connectivity index (χ4v) is 5.28. The summed E-state index contributed by atoms with van der Waals surface area (Å²) in [6.07, 6.45) is 7.38. The second-order valence-electron chi connectivity index (χ2n) is 10.9. The lowest BCUT2D eigenvalue weighted by Crippen LogP contribution is -2.46. The molecular weight excluding hydrogens is 545 g/mol. The van der Waals surface area contributed by atoms with Gasteiger partial charge in [0.2, 0.25) is 5.91 Å². The Labute approximate surface area is 254 Å². The number of anilines is 1. The predicted molar refractivity (Wildman–Crippen MR) is 166 cm³/mol. The number of nitrogens with zero attached hydrogens (tertiary/aromatic N) is 4. The molecule has 0 saturated carbocycles. The number of halogens is 1. The molecule has 1 unspecified atom stereocenters. The first-order chi connectivity index (χ1) is 20.9. The zero-order valence-electron chi connectivity index (χ0n) is 25.3. The molecule has 0 aromatic heterocycles. The van der Waals surface area contributed by atoms with Gasteiger partial charge in [-0.15, -0.1) is 0 Å². The number of unbranched alkanes of at least 4 members (excludes halogenated alkanes) is 4. The number of amides is 1. The highest BCUT2D eigenvalue weighted by molar-refractivity contribution is 5.79. The van der Waals surface area contributed by atoms with Crippen molar-refractivity contribution in [1.29, 1.82) is 5.26 Å². The first-order valence-electron chi connectivity index (χ1n) is 15.0. The second-order valence-corrected chi connectivity index (χ2v) is 10.9. The van der Waals surface area contributed by atoms with Gasteiger partial charge in [0.05, 0.1) is 23.4 Å². The quantitative estimate of drug-likeness (QED) is 0.190. The third-order valence-corrected chi connectivity index (χ3v) is 7.95. The number of likely N-dealkylation sites (N-methyl/N-ethyl adjacent to an activating group) is 1. The molecule has 0 aliphatic carbocycles. The van der Waals surface area contributed by atoms with Crippen molar-refractivity contribution in [2.75, 3.05) is 51.7 Å². The first kappa shape index (κ1) is 33.5. The maximum atomic E-state index is 14.3. The van der Waals surface area contributed by atoms with Crippen molar-refractivity contribution in [2.45, 2.75) is 57.5 Å². The Morgan fingerprint density at radius 3 is 2.56 bits per heavy atom. The lowest BCUT2D eigenvalue weighted by molar-refractivity contribution is -0.121. The molecule has 1 fully saturated rings. The molecule has 2 aromatic carbocycles. The number of hydrogen-bond donors (Lipinski definition) is 1. The number of benzene rings is 2. The smallest absolute Gasteiger partial charge is 0.219 e. The summed E-state index contributed by atoms with van der Waals surface area (Å²) >= 11 is 0. The molecule has 1 aliphatic rings. The highest BCUT2D eigenvalue weighted by atomic mass is 19.1. The lowest BCUT2D eigenvalue weighted by Gasteiger charge is -2.36. The van der Waals surface area contributed by atoms with Gasteiger partial charge in [-0.1, -0.05) is 36.8 Å². The summed E-state index contributed by atoms with van der Waals surface area (Å²) < 4.78 is 14.3. The van der Waals surface area contributed by atoms with Crippen molar-refractivity contribution >= 4 is 24.2 Å². The molecule has 0 radical (unpaired) electrons. The van der Waals surface area contributed by atoms with Gasteiger partial charge in [-0.3, -0.25) is 19.4 Å². The molecule has 1 saturated heterocycles. The van der Waals surface area contributed by atoms with Crippen LogP contribution in [-0.4, -0.2) is 81.1 Å². The summed E-state index contributed by atoms with van der Waals surface area (Å²) in [6, 6.07) is 11.7. The van der Waals surface area contributed by atoms with E-state index in [1.165, 1.54) is 6.07 Å². The Balaban J connectivity index is 1.40. The zero-order valence-corrected chi connectivity index (χ0v) is 25.3. The minimum absolute atomic E-state index is 0.114. The maximum absolute atomic E-state index is 14.3. The average molecular weight is 588 g/mol. The Morgan fingerprint density at radius 1 is 1.12 bits per heavy atom. The molecule has 1 N–H and O–H groups in total. The molecule has 0 spiro atoms. The van der Waals surface area contributed by atoms with Crippen LogP contribution in [0.3, 0.4) is 0 Å². The van der Waals surface area contributed by atoms with Crippen LogP contribution in [0.15, 0.2) is 36.4 Å². The highest BCUT2D eigenvalue weighted by Crippen LogP contribution is 2.22. The van der Waals surface area contributed by atoms with Crippen LogP contribution in [0.4, 0.5) is 10.1 Å². The van der Waals surface area contributed by atoms with Crippen molar-refractivity contribution < 1.29 is 18.8 Å². The van der Waals surface area contributed by atoms with E-state index >= 15 is 0 Å². The summed E-state index contributed by atoms with van der Waals surface area (Å²) in [4.78, 5) is 41.4. The Hall–Kier alpha value is -4.05. The molecule has 1 amide bonds. The fourth-order valence-electron chi connectivity index (χ4n) is 5.28. The summed E-state index contributed by atoms with van der Waals surface area (Å²) in [7, 11) is 3.39. The van der Waals surface area contributed by atoms with E-state index in [9.17, 15) is 18.8 Å². The van der Waals surface area contributed by atoms with Gasteiger partial charge in [-0.25, -0.2) is 4.39 Å². The van der Waals surface area contributed by atoms with E-state index in [0.717, 1.165) is 88.5 Å². The van der Waals surface area contributed by atoms with Gasteiger partial charge in [0, 0.05) is 63.7 Å². The van der Waals surface area contributed by atoms with Crippen molar-refractivity contribution in [3.63, 3.8) is 0 Å². The molecule has 8 nitrogen and oxygen atoms in total. The molecule has 1 heterocycles. The molecule has 1 aliphatic heterocycles. The van der Waals surface area contributed by atoms with Crippen LogP contribution in [0, 0.1) is 29.0 Å². The largest absolute Gasteiger partial charge is 0.367 e. The van der Waals surface area contributed by atoms with Crippen LogP contribution < -0.4 is 10.2 Å². The third kappa shape index (κ3) is 10.3. The molecule has 0 bridgehead atoms. The molecule has 9 heteroatoms. The number of nitriles is 1. The molecule has 228 valence electrons. The van der Waals surface area contributed by atoms with Gasteiger partial charge in [0.1, 0.15) is 18.4 Å². The van der Waals surface area contributed by atoms with Crippen molar-refractivity contribution in [3.8, 4) is 17.9 Å². The van der Waals surface area contributed by atoms with Crippen LogP contribution in [0.25, 0.3) is 0 Å². The predicted octanol–water partition coefficient (Wildman–Crippen LogP) is 4.16. The van der Waals surface area contributed by atoms with Gasteiger partial charge >= 0.3 is 0 Å². The van der Waals surface area contributed by atoms with Crippen LogP contribution >= 0.6 is 0 Å². The Bertz CT molecular complexity index is 1340. The average Bonchev–Trinajstić information content (AvgIpc) is 3.03. The number of carbonyl (C=O) groups excluding carboxylic acids is 3. The maximum Gasteiger partial charge on any atom is 0.219 e. The van der Waals surface area contributed by atoms with E-state index in [0.29, 0.717) is 29.8 Å². The topological polar surface area (TPSA) is 96.8 Å². The van der Waals surface area contributed by atoms with Gasteiger partial charge in [-0.2, -0.15) is 5.26 Å². The summed E-state index contributed by atoms with van der Waals surface area (Å²) in [5.74, 6) is 6.04.